The zero-order chi connectivity index (χ0) is 15.5. The molecule has 0 unspecified atom stereocenters. The maximum atomic E-state index is 13.3. The molecular formula is C17H21FN2O2. The number of hydrogen-bond acceptors (Lipinski definition) is 3. The van der Waals surface area contributed by atoms with E-state index in [-0.39, 0.29) is 23.7 Å². The Morgan fingerprint density at radius 2 is 2.18 bits per heavy atom. The molecule has 1 aliphatic heterocycles. The third-order valence-corrected chi connectivity index (χ3v) is 4.45. The number of carbonyl (C=O) groups excluding carboxylic acids is 1. The predicted molar refractivity (Wildman–Crippen MR) is 82.0 cm³/mol. The minimum Gasteiger partial charge on any atom is -0.390 e. The molecular weight excluding hydrogens is 283 g/mol. The van der Waals surface area contributed by atoms with Crippen molar-refractivity contribution < 1.29 is 14.0 Å². The lowest BCUT2D eigenvalue weighted by Gasteiger charge is -2.23. The molecule has 1 heterocycles. The fraction of sp³-hybridized carbons (Fsp3) is 0.529. The molecule has 118 valence electrons. The zero-order valence-electron chi connectivity index (χ0n) is 12.8. The molecule has 0 spiro atoms. The first-order chi connectivity index (χ1) is 10.6. The fourth-order valence-electron chi connectivity index (χ4n) is 3.24. The Kier molecular flexibility index (Phi) is 4.41. The number of amides is 1. The molecule has 1 atom stereocenters. The molecule has 0 aromatic heterocycles. The molecule has 0 radical (unpaired) electrons. The third-order valence-electron chi connectivity index (χ3n) is 4.45. The minimum atomic E-state index is -0.280. The van der Waals surface area contributed by atoms with Crippen LogP contribution in [0.4, 0.5) is 4.39 Å². The van der Waals surface area contributed by atoms with Gasteiger partial charge in [-0.3, -0.25) is 4.79 Å². The van der Waals surface area contributed by atoms with E-state index in [0.717, 1.165) is 37.0 Å². The smallest absolute Gasteiger partial charge is 0.225 e. The molecule has 1 fully saturated rings. The van der Waals surface area contributed by atoms with Crippen molar-refractivity contribution in [2.24, 2.45) is 11.1 Å². The van der Waals surface area contributed by atoms with Crippen molar-refractivity contribution in [1.29, 1.82) is 0 Å². The summed E-state index contributed by atoms with van der Waals surface area (Å²) in [5.41, 5.74) is 1.48. The first-order valence-corrected chi connectivity index (χ1v) is 7.87. The van der Waals surface area contributed by atoms with Crippen molar-refractivity contribution in [2.75, 3.05) is 13.6 Å². The van der Waals surface area contributed by atoms with Gasteiger partial charge in [0.1, 0.15) is 5.82 Å². The number of benzene rings is 1. The highest BCUT2D eigenvalue weighted by Crippen LogP contribution is 2.27. The number of halogens is 1. The van der Waals surface area contributed by atoms with Crippen LogP contribution in [0.15, 0.2) is 29.4 Å². The van der Waals surface area contributed by atoms with Crippen LogP contribution in [0.25, 0.3) is 0 Å². The Hall–Kier alpha value is -1.91. The lowest BCUT2D eigenvalue weighted by atomic mass is 10.0. The SMILES string of the molecule is CN(C[C@@H]1CC(c2cccc(F)c2)=NO1)C(=O)C1CCCC1. The van der Waals surface area contributed by atoms with Gasteiger partial charge in [0.15, 0.2) is 6.10 Å². The number of hydrogen-bond donors (Lipinski definition) is 0. The van der Waals surface area contributed by atoms with Crippen LogP contribution in [-0.2, 0) is 9.63 Å². The molecule has 1 saturated carbocycles. The summed E-state index contributed by atoms with van der Waals surface area (Å²) in [4.78, 5) is 19.5. The predicted octanol–water partition coefficient (Wildman–Crippen LogP) is 2.97. The van der Waals surface area contributed by atoms with Gasteiger partial charge in [0, 0.05) is 24.9 Å². The normalized spacial score (nSPS) is 21.5. The Morgan fingerprint density at radius 1 is 1.41 bits per heavy atom. The molecule has 1 aliphatic carbocycles. The van der Waals surface area contributed by atoms with E-state index in [4.69, 9.17) is 4.84 Å². The van der Waals surface area contributed by atoms with Crippen molar-refractivity contribution in [3.05, 3.63) is 35.6 Å². The monoisotopic (exact) mass is 304 g/mol. The largest absolute Gasteiger partial charge is 0.390 e. The van der Waals surface area contributed by atoms with Crippen LogP contribution in [0, 0.1) is 11.7 Å². The van der Waals surface area contributed by atoms with Crippen molar-refractivity contribution in [1.82, 2.24) is 4.90 Å². The topological polar surface area (TPSA) is 41.9 Å². The number of rotatable bonds is 4. The number of nitrogens with zero attached hydrogens (tertiary/aromatic N) is 2. The van der Waals surface area contributed by atoms with Gasteiger partial charge in [-0.25, -0.2) is 4.39 Å². The Morgan fingerprint density at radius 3 is 2.91 bits per heavy atom. The van der Waals surface area contributed by atoms with E-state index < -0.39 is 0 Å². The molecule has 1 aromatic rings. The van der Waals surface area contributed by atoms with Crippen LogP contribution < -0.4 is 0 Å². The van der Waals surface area contributed by atoms with Crippen molar-refractivity contribution in [3.63, 3.8) is 0 Å². The fourth-order valence-corrected chi connectivity index (χ4v) is 3.24. The summed E-state index contributed by atoms with van der Waals surface area (Å²) < 4.78 is 13.3. The molecule has 1 amide bonds. The van der Waals surface area contributed by atoms with Gasteiger partial charge in [0.25, 0.3) is 0 Å². The van der Waals surface area contributed by atoms with Gasteiger partial charge < -0.3 is 9.74 Å². The van der Waals surface area contributed by atoms with Crippen LogP contribution >= 0.6 is 0 Å². The molecule has 22 heavy (non-hydrogen) atoms. The molecule has 2 aliphatic rings. The molecule has 0 bridgehead atoms. The molecule has 1 aromatic carbocycles. The number of oxime groups is 1. The maximum Gasteiger partial charge on any atom is 0.225 e. The zero-order valence-corrected chi connectivity index (χ0v) is 12.8. The van der Waals surface area contributed by atoms with Gasteiger partial charge >= 0.3 is 0 Å². The summed E-state index contributed by atoms with van der Waals surface area (Å²) in [5.74, 6) is 0.104. The van der Waals surface area contributed by atoms with E-state index in [9.17, 15) is 9.18 Å². The van der Waals surface area contributed by atoms with Crippen molar-refractivity contribution in [3.8, 4) is 0 Å². The second-order valence-electron chi connectivity index (χ2n) is 6.18. The molecule has 5 heteroatoms. The lowest BCUT2D eigenvalue weighted by molar-refractivity contribution is -0.135. The van der Waals surface area contributed by atoms with Gasteiger partial charge in [0.05, 0.1) is 12.3 Å². The van der Waals surface area contributed by atoms with Gasteiger partial charge in [-0.15, -0.1) is 0 Å². The van der Waals surface area contributed by atoms with E-state index in [0.29, 0.717) is 13.0 Å². The average molecular weight is 304 g/mol. The van der Waals surface area contributed by atoms with Gasteiger partial charge in [0.2, 0.25) is 5.91 Å². The minimum absolute atomic E-state index is 0.145. The first kappa shape index (κ1) is 15.0. The Labute approximate surface area is 129 Å². The average Bonchev–Trinajstić information content (AvgIpc) is 3.18. The van der Waals surface area contributed by atoms with Gasteiger partial charge in [-0.05, 0) is 25.0 Å². The second-order valence-corrected chi connectivity index (χ2v) is 6.18. The van der Waals surface area contributed by atoms with Crippen LogP contribution in [0.2, 0.25) is 0 Å². The van der Waals surface area contributed by atoms with Crippen LogP contribution in [0.1, 0.15) is 37.7 Å². The molecule has 0 N–H and O–H groups in total. The Balaban J connectivity index is 1.54. The summed E-state index contributed by atoms with van der Waals surface area (Å²) in [6.07, 6.45) is 4.76. The Bertz CT molecular complexity index is 582. The molecule has 0 saturated heterocycles. The van der Waals surface area contributed by atoms with Crippen LogP contribution in [0.3, 0.4) is 0 Å². The van der Waals surface area contributed by atoms with Gasteiger partial charge in [-0.1, -0.05) is 30.1 Å². The summed E-state index contributed by atoms with van der Waals surface area (Å²) >= 11 is 0. The molecule has 3 rings (SSSR count). The van der Waals surface area contributed by atoms with E-state index in [1.54, 1.807) is 11.0 Å². The second kappa shape index (κ2) is 6.46. The maximum absolute atomic E-state index is 13.3. The summed E-state index contributed by atoms with van der Waals surface area (Å²) in [6.45, 7) is 0.525. The lowest BCUT2D eigenvalue weighted by Crippen LogP contribution is -2.37. The van der Waals surface area contributed by atoms with E-state index >= 15 is 0 Å². The summed E-state index contributed by atoms with van der Waals surface area (Å²) in [5, 5.41) is 4.05. The number of likely N-dealkylation sites (N-methyl/N-ethyl adjacent to an activating group) is 1. The molecule has 4 nitrogen and oxygen atoms in total. The van der Waals surface area contributed by atoms with E-state index in [1.807, 2.05) is 13.1 Å². The van der Waals surface area contributed by atoms with E-state index in [2.05, 4.69) is 5.16 Å². The highest BCUT2D eigenvalue weighted by atomic mass is 19.1. The first-order valence-electron chi connectivity index (χ1n) is 7.87. The summed E-state index contributed by atoms with van der Waals surface area (Å²) in [7, 11) is 1.82. The number of carbonyl (C=O) groups is 1. The highest BCUT2D eigenvalue weighted by molar-refractivity contribution is 6.01. The van der Waals surface area contributed by atoms with Crippen molar-refractivity contribution in [2.45, 2.75) is 38.2 Å². The van der Waals surface area contributed by atoms with E-state index in [1.165, 1.54) is 12.1 Å². The standard InChI is InChI=1S/C17H21FN2O2/c1-20(17(21)12-5-2-3-6-12)11-15-10-16(19-22-15)13-7-4-8-14(18)9-13/h4,7-9,12,15H,2-3,5-6,10-11H2,1H3/t15-/m0/s1. The van der Waals surface area contributed by atoms with Crippen LogP contribution in [-0.4, -0.2) is 36.2 Å². The van der Waals surface area contributed by atoms with Gasteiger partial charge in [-0.2, -0.15) is 0 Å². The quantitative estimate of drug-likeness (QED) is 0.858. The van der Waals surface area contributed by atoms with Crippen LogP contribution in [0.5, 0.6) is 0 Å². The van der Waals surface area contributed by atoms with Crippen molar-refractivity contribution >= 4 is 11.6 Å². The highest BCUT2D eigenvalue weighted by Gasteiger charge is 2.29. The summed E-state index contributed by atoms with van der Waals surface area (Å²) in [6, 6.07) is 6.35. The third kappa shape index (κ3) is 3.29.